The molecule has 19 heavy (non-hydrogen) atoms. The normalized spacial score (nSPS) is 10.9. The minimum absolute atomic E-state index is 0.732. The van der Waals surface area contributed by atoms with Gasteiger partial charge >= 0.3 is 0 Å². The van der Waals surface area contributed by atoms with E-state index in [2.05, 4.69) is 29.1 Å². The predicted octanol–water partition coefficient (Wildman–Crippen LogP) is 2.97. The summed E-state index contributed by atoms with van der Waals surface area (Å²) in [6.07, 6.45) is 5.81. The summed E-state index contributed by atoms with van der Waals surface area (Å²) in [6.45, 7) is 8.14. The first-order valence-corrected chi connectivity index (χ1v) is 7.54. The smallest absolute Gasteiger partial charge is 0.188 e. The van der Waals surface area contributed by atoms with Gasteiger partial charge in [-0.25, -0.2) is 15.0 Å². The largest absolute Gasteiger partial charge is 0.312 e. The summed E-state index contributed by atoms with van der Waals surface area (Å²) >= 11 is 1.70. The van der Waals surface area contributed by atoms with Crippen molar-refractivity contribution in [3.63, 3.8) is 0 Å². The molecule has 2 rings (SSSR count). The molecule has 0 saturated heterocycles. The second-order valence-corrected chi connectivity index (χ2v) is 5.59. The second kappa shape index (κ2) is 6.73. The molecule has 4 nitrogen and oxygen atoms in total. The summed E-state index contributed by atoms with van der Waals surface area (Å²) < 4.78 is 0. The number of hydrogen-bond acceptors (Lipinski definition) is 5. The highest BCUT2D eigenvalue weighted by Crippen LogP contribution is 2.26. The van der Waals surface area contributed by atoms with Gasteiger partial charge in [0.2, 0.25) is 0 Å². The number of nitrogens with zero attached hydrogens (tertiary/aromatic N) is 3. The molecule has 0 aliphatic carbocycles. The van der Waals surface area contributed by atoms with Crippen molar-refractivity contribution in [1.82, 2.24) is 20.3 Å². The number of rotatable bonds is 6. The molecule has 0 unspecified atom stereocenters. The number of thiazole rings is 1. The molecule has 0 amide bonds. The maximum absolute atomic E-state index is 4.71. The number of aryl methyl sites for hydroxylation is 2. The fraction of sp³-hybridized carbons (Fsp3) is 0.500. The minimum atomic E-state index is 0.732. The van der Waals surface area contributed by atoms with Crippen LogP contribution >= 0.6 is 11.3 Å². The van der Waals surface area contributed by atoms with E-state index in [4.69, 9.17) is 4.98 Å². The fourth-order valence-electron chi connectivity index (χ4n) is 1.79. The molecular weight excluding hydrogens is 256 g/mol. The molecule has 0 aliphatic rings. The maximum atomic E-state index is 4.71. The molecule has 102 valence electrons. The molecule has 0 saturated carbocycles. The van der Waals surface area contributed by atoms with Crippen molar-refractivity contribution < 1.29 is 0 Å². The van der Waals surface area contributed by atoms with Crippen molar-refractivity contribution in [3.05, 3.63) is 28.5 Å². The van der Waals surface area contributed by atoms with E-state index in [1.807, 2.05) is 19.3 Å². The predicted molar refractivity (Wildman–Crippen MR) is 79.3 cm³/mol. The average molecular weight is 276 g/mol. The van der Waals surface area contributed by atoms with Crippen molar-refractivity contribution in [2.24, 2.45) is 0 Å². The Morgan fingerprint density at radius 1 is 1.21 bits per heavy atom. The topological polar surface area (TPSA) is 50.7 Å². The lowest BCUT2D eigenvalue weighted by Crippen LogP contribution is -2.11. The molecule has 5 heteroatoms. The van der Waals surface area contributed by atoms with Crippen molar-refractivity contribution >= 4 is 11.3 Å². The number of aromatic nitrogens is 3. The van der Waals surface area contributed by atoms with E-state index in [0.29, 0.717) is 0 Å². The highest BCUT2D eigenvalue weighted by molar-refractivity contribution is 7.15. The van der Waals surface area contributed by atoms with Gasteiger partial charge in [0.1, 0.15) is 0 Å². The SMILES string of the molecule is CCCc1nc(-c2ncc(C)cn2)sc1CNCC. The third-order valence-electron chi connectivity index (χ3n) is 2.77. The molecule has 2 heterocycles. The van der Waals surface area contributed by atoms with Crippen LogP contribution in [0, 0.1) is 6.92 Å². The molecule has 0 spiro atoms. The van der Waals surface area contributed by atoms with Gasteiger partial charge in [-0.3, -0.25) is 0 Å². The molecule has 2 aromatic heterocycles. The molecule has 0 aromatic carbocycles. The Bertz CT molecular complexity index is 519. The van der Waals surface area contributed by atoms with Crippen LogP contribution in [0.25, 0.3) is 10.8 Å². The third-order valence-corrected chi connectivity index (χ3v) is 3.87. The summed E-state index contributed by atoms with van der Waals surface area (Å²) in [7, 11) is 0. The van der Waals surface area contributed by atoms with Crippen LogP contribution < -0.4 is 5.32 Å². The van der Waals surface area contributed by atoms with Crippen LogP contribution in [0.5, 0.6) is 0 Å². The monoisotopic (exact) mass is 276 g/mol. The maximum Gasteiger partial charge on any atom is 0.188 e. The standard InChI is InChI=1S/C14H20N4S/c1-4-6-11-12(9-15-5-2)19-14(18-11)13-16-7-10(3)8-17-13/h7-8,15H,4-6,9H2,1-3H3. The Kier molecular flexibility index (Phi) is 4.99. The minimum Gasteiger partial charge on any atom is -0.312 e. The number of nitrogens with one attached hydrogen (secondary N) is 1. The first-order valence-electron chi connectivity index (χ1n) is 6.72. The number of hydrogen-bond donors (Lipinski definition) is 1. The van der Waals surface area contributed by atoms with E-state index in [1.54, 1.807) is 11.3 Å². The van der Waals surface area contributed by atoms with Gasteiger partial charge in [0, 0.05) is 23.8 Å². The van der Waals surface area contributed by atoms with Crippen LogP contribution in [0.4, 0.5) is 0 Å². The van der Waals surface area contributed by atoms with Crippen molar-refractivity contribution in [3.8, 4) is 10.8 Å². The van der Waals surface area contributed by atoms with Crippen molar-refractivity contribution in [2.75, 3.05) is 6.54 Å². The fourth-order valence-corrected chi connectivity index (χ4v) is 2.82. The van der Waals surface area contributed by atoms with Gasteiger partial charge in [-0.05, 0) is 25.5 Å². The first kappa shape index (κ1) is 14.1. The summed E-state index contributed by atoms with van der Waals surface area (Å²) in [5.74, 6) is 0.732. The van der Waals surface area contributed by atoms with Crippen molar-refractivity contribution in [2.45, 2.75) is 40.2 Å². The molecule has 0 radical (unpaired) electrons. The van der Waals surface area contributed by atoms with Gasteiger partial charge in [0.25, 0.3) is 0 Å². The molecule has 0 fully saturated rings. The lowest BCUT2D eigenvalue weighted by atomic mass is 10.2. The quantitative estimate of drug-likeness (QED) is 0.881. The lowest BCUT2D eigenvalue weighted by Gasteiger charge is -2.00. The van der Waals surface area contributed by atoms with Crippen LogP contribution in [0.1, 0.15) is 36.4 Å². The summed E-state index contributed by atoms with van der Waals surface area (Å²) in [6, 6.07) is 0. The zero-order chi connectivity index (χ0) is 13.7. The van der Waals surface area contributed by atoms with Gasteiger partial charge in [-0.15, -0.1) is 11.3 Å². The van der Waals surface area contributed by atoms with Crippen LogP contribution in [-0.2, 0) is 13.0 Å². The van der Waals surface area contributed by atoms with Crippen molar-refractivity contribution in [1.29, 1.82) is 0 Å². The molecule has 0 atom stereocenters. The molecule has 0 aliphatic heterocycles. The highest BCUT2D eigenvalue weighted by atomic mass is 32.1. The zero-order valence-electron chi connectivity index (χ0n) is 11.7. The third kappa shape index (κ3) is 3.58. The van der Waals surface area contributed by atoms with Gasteiger partial charge in [-0.1, -0.05) is 20.3 Å². The Hall–Kier alpha value is -1.33. The Labute approximate surface area is 118 Å². The van der Waals surface area contributed by atoms with E-state index >= 15 is 0 Å². The van der Waals surface area contributed by atoms with Crippen LogP contribution in [0.15, 0.2) is 12.4 Å². The molecule has 2 aromatic rings. The Balaban J connectivity index is 2.27. The summed E-state index contributed by atoms with van der Waals surface area (Å²) in [5.41, 5.74) is 2.26. The Morgan fingerprint density at radius 2 is 1.95 bits per heavy atom. The van der Waals surface area contributed by atoms with E-state index in [-0.39, 0.29) is 0 Å². The summed E-state index contributed by atoms with van der Waals surface area (Å²) in [5, 5.41) is 4.29. The van der Waals surface area contributed by atoms with Gasteiger partial charge in [0.15, 0.2) is 10.8 Å². The van der Waals surface area contributed by atoms with Gasteiger partial charge in [-0.2, -0.15) is 0 Å². The second-order valence-electron chi connectivity index (χ2n) is 4.50. The zero-order valence-corrected chi connectivity index (χ0v) is 12.5. The van der Waals surface area contributed by atoms with E-state index in [1.165, 1.54) is 10.6 Å². The molecule has 1 N–H and O–H groups in total. The highest BCUT2D eigenvalue weighted by Gasteiger charge is 2.13. The van der Waals surface area contributed by atoms with E-state index in [0.717, 1.165) is 42.3 Å². The molecular formula is C14H20N4S. The lowest BCUT2D eigenvalue weighted by molar-refractivity contribution is 0.723. The first-order chi connectivity index (χ1) is 9.24. The van der Waals surface area contributed by atoms with Crippen LogP contribution in [-0.4, -0.2) is 21.5 Å². The van der Waals surface area contributed by atoms with Crippen LogP contribution in [0.2, 0.25) is 0 Å². The average Bonchev–Trinajstić information content (AvgIpc) is 2.81. The van der Waals surface area contributed by atoms with E-state index in [9.17, 15) is 0 Å². The van der Waals surface area contributed by atoms with E-state index < -0.39 is 0 Å². The van der Waals surface area contributed by atoms with Gasteiger partial charge < -0.3 is 5.32 Å². The Morgan fingerprint density at radius 3 is 2.58 bits per heavy atom. The van der Waals surface area contributed by atoms with Gasteiger partial charge in [0.05, 0.1) is 5.69 Å². The molecule has 0 bridgehead atoms. The van der Waals surface area contributed by atoms with Crippen LogP contribution in [0.3, 0.4) is 0 Å². The summed E-state index contributed by atoms with van der Waals surface area (Å²) in [4.78, 5) is 14.7.